The van der Waals surface area contributed by atoms with E-state index in [0.717, 1.165) is 11.1 Å². The van der Waals surface area contributed by atoms with Gasteiger partial charge in [0.25, 0.3) is 5.69 Å². The van der Waals surface area contributed by atoms with E-state index in [1.165, 1.54) is 23.9 Å². The molecule has 28 heavy (non-hydrogen) atoms. The van der Waals surface area contributed by atoms with Gasteiger partial charge in [-0.2, -0.15) is 5.10 Å². The number of nitrogens with zero attached hydrogens (tertiary/aromatic N) is 2. The van der Waals surface area contributed by atoms with Crippen LogP contribution in [0.15, 0.2) is 47.6 Å². The van der Waals surface area contributed by atoms with E-state index in [2.05, 4.69) is 10.5 Å². The van der Waals surface area contributed by atoms with Crippen molar-refractivity contribution in [3.63, 3.8) is 0 Å². The second-order valence-electron chi connectivity index (χ2n) is 5.72. The van der Waals surface area contributed by atoms with Gasteiger partial charge in [0, 0.05) is 23.4 Å². The Morgan fingerprint density at radius 2 is 1.82 bits per heavy atom. The number of thioether (sulfide) groups is 1. The van der Waals surface area contributed by atoms with Crippen LogP contribution >= 0.6 is 11.8 Å². The lowest BCUT2D eigenvalue weighted by molar-refractivity contribution is -0.384. The lowest BCUT2D eigenvalue weighted by atomic mass is 10.1. The van der Waals surface area contributed by atoms with Gasteiger partial charge in [0.2, 0.25) is 5.91 Å². The molecular formula is C19H21N3O5S. The van der Waals surface area contributed by atoms with Gasteiger partial charge in [-0.1, -0.05) is 12.1 Å². The van der Waals surface area contributed by atoms with Crippen molar-refractivity contribution < 1.29 is 19.2 Å². The highest BCUT2D eigenvalue weighted by atomic mass is 32.2. The number of nitro groups is 1. The summed E-state index contributed by atoms with van der Waals surface area (Å²) in [5, 5.41) is 14.7. The molecule has 2 aromatic rings. The number of ether oxygens (including phenoxy) is 2. The van der Waals surface area contributed by atoms with Crippen molar-refractivity contribution in [1.29, 1.82) is 0 Å². The number of hydrogen-bond donors (Lipinski definition) is 1. The molecule has 0 fully saturated rings. The molecule has 0 atom stereocenters. The summed E-state index contributed by atoms with van der Waals surface area (Å²) in [5.41, 5.74) is 4.92. The molecule has 0 heterocycles. The Morgan fingerprint density at radius 3 is 2.43 bits per heavy atom. The molecular weight excluding hydrogens is 382 g/mol. The third kappa shape index (κ3) is 5.98. The van der Waals surface area contributed by atoms with E-state index in [9.17, 15) is 14.9 Å². The molecule has 0 unspecified atom stereocenters. The Labute approximate surface area is 167 Å². The molecule has 8 nitrogen and oxygen atoms in total. The summed E-state index contributed by atoms with van der Waals surface area (Å²) in [4.78, 5) is 22.2. The number of methoxy groups -OCH3 is 2. The fourth-order valence-electron chi connectivity index (χ4n) is 2.28. The number of benzene rings is 2. The minimum atomic E-state index is -0.441. The zero-order valence-electron chi connectivity index (χ0n) is 15.8. The van der Waals surface area contributed by atoms with Gasteiger partial charge in [-0.3, -0.25) is 14.9 Å². The number of rotatable bonds is 9. The van der Waals surface area contributed by atoms with Crippen LogP contribution in [-0.4, -0.2) is 36.5 Å². The molecule has 0 bridgehead atoms. The number of nitro benzene ring substituents is 1. The monoisotopic (exact) mass is 403 g/mol. The highest BCUT2D eigenvalue weighted by Crippen LogP contribution is 2.27. The van der Waals surface area contributed by atoms with Gasteiger partial charge in [0.1, 0.15) is 0 Å². The standard InChI is InChI=1S/C19H21N3O5S/c1-13(15-6-9-17(26-2)18(10-15)27-3)20-21-19(23)12-28-11-14-4-7-16(8-5-14)22(24)25/h4-10H,11-12H2,1-3H3,(H,21,23)/b20-13+. The second kappa shape index (κ2) is 10.3. The van der Waals surface area contributed by atoms with E-state index in [4.69, 9.17) is 9.47 Å². The topological polar surface area (TPSA) is 103 Å². The first-order chi connectivity index (χ1) is 13.4. The van der Waals surface area contributed by atoms with Crippen LogP contribution in [0.3, 0.4) is 0 Å². The quantitative estimate of drug-likeness (QED) is 0.391. The van der Waals surface area contributed by atoms with Crippen molar-refractivity contribution in [1.82, 2.24) is 5.43 Å². The van der Waals surface area contributed by atoms with Crippen LogP contribution < -0.4 is 14.9 Å². The fourth-order valence-corrected chi connectivity index (χ4v) is 3.06. The van der Waals surface area contributed by atoms with Crippen molar-refractivity contribution >= 4 is 29.1 Å². The number of carbonyl (C=O) groups excluding carboxylic acids is 1. The maximum Gasteiger partial charge on any atom is 0.269 e. The van der Waals surface area contributed by atoms with Crippen molar-refractivity contribution in [2.45, 2.75) is 12.7 Å². The lowest BCUT2D eigenvalue weighted by Crippen LogP contribution is -2.21. The molecule has 0 spiro atoms. The summed E-state index contributed by atoms with van der Waals surface area (Å²) in [6.45, 7) is 1.78. The molecule has 9 heteroatoms. The zero-order valence-corrected chi connectivity index (χ0v) is 16.6. The number of amides is 1. The first kappa shape index (κ1) is 21.2. The number of nitrogens with one attached hydrogen (secondary N) is 1. The predicted octanol–water partition coefficient (Wildman–Crippen LogP) is 3.39. The number of hydrazone groups is 1. The van der Waals surface area contributed by atoms with Crippen LogP contribution in [0.5, 0.6) is 11.5 Å². The minimum Gasteiger partial charge on any atom is -0.493 e. The Morgan fingerprint density at radius 1 is 1.14 bits per heavy atom. The van der Waals surface area contributed by atoms with E-state index in [0.29, 0.717) is 23.0 Å². The highest BCUT2D eigenvalue weighted by molar-refractivity contribution is 7.99. The summed E-state index contributed by atoms with van der Waals surface area (Å²) in [7, 11) is 3.12. The van der Waals surface area contributed by atoms with Crippen molar-refractivity contribution in [2.75, 3.05) is 20.0 Å². The van der Waals surface area contributed by atoms with Crippen LogP contribution in [0.25, 0.3) is 0 Å². The Hall–Kier alpha value is -3.07. The third-order valence-corrected chi connectivity index (χ3v) is 4.80. The van der Waals surface area contributed by atoms with Gasteiger partial charge >= 0.3 is 0 Å². The molecule has 0 aliphatic rings. The van der Waals surface area contributed by atoms with E-state index in [1.54, 1.807) is 45.4 Å². The molecule has 0 saturated carbocycles. The summed E-state index contributed by atoms with van der Waals surface area (Å²) < 4.78 is 10.5. The Balaban J connectivity index is 1.84. The number of hydrogen-bond acceptors (Lipinski definition) is 7. The molecule has 2 rings (SSSR count). The smallest absolute Gasteiger partial charge is 0.269 e. The van der Waals surface area contributed by atoms with Gasteiger partial charge in [0.05, 0.1) is 30.6 Å². The molecule has 0 saturated heterocycles. The molecule has 148 valence electrons. The Kier molecular flexibility index (Phi) is 7.82. The third-order valence-electron chi connectivity index (χ3n) is 3.80. The molecule has 0 aliphatic carbocycles. The van der Waals surface area contributed by atoms with Gasteiger partial charge < -0.3 is 9.47 Å². The predicted molar refractivity (Wildman–Crippen MR) is 109 cm³/mol. The molecule has 2 aromatic carbocycles. The molecule has 0 aromatic heterocycles. The fraction of sp³-hybridized carbons (Fsp3) is 0.263. The second-order valence-corrected chi connectivity index (χ2v) is 6.70. The summed E-state index contributed by atoms with van der Waals surface area (Å²) in [6.07, 6.45) is 0. The lowest BCUT2D eigenvalue weighted by Gasteiger charge is -2.09. The molecule has 0 aliphatic heterocycles. The van der Waals surface area contributed by atoms with Gasteiger partial charge in [-0.15, -0.1) is 11.8 Å². The highest BCUT2D eigenvalue weighted by Gasteiger charge is 2.08. The van der Waals surface area contributed by atoms with Gasteiger partial charge in [-0.05, 0) is 30.7 Å². The van der Waals surface area contributed by atoms with Crippen LogP contribution in [0.4, 0.5) is 5.69 Å². The van der Waals surface area contributed by atoms with E-state index < -0.39 is 4.92 Å². The molecule has 1 N–H and O–H groups in total. The maximum absolute atomic E-state index is 12.0. The minimum absolute atomic E-state index is 0.0477. The summed E-state index contributed by atoms with van der Waals surface area (Å²) >= 11 is 1.40. The zero-order chi connectivity index (χ0) is 20.5. The van der Waals surface area contributed by atoms with Gasteiger partial charge in [0.15, 0.2) is 11.5 Å². The van der Waals surface area contributed by atoms with Crippen LogP contribution in [0.1, 0.15) is 18.1 Å². The molecule has 0 radical (unpaired) electrons. The molecule has 1 amide bonds. The van der Waals surface area contributed by atoms with Gasteiger partial charge in [-0.25, -0.2) is 5.43 Å². The van der Waals surface area contributed by atoms with E-state index >= 15 is 0 Å². The normalized spacial score (nSPS) is 11.0. The van der Waals surface area contributed by atoms with Crippen molar-refractivity contribution in [3.8, 4) is 11.5 Å². The van der Waals surface area contributed by atoms with Crippen molar-refractivity contribution in [2.24, 2.45) is 5.10 Å². The average Bonchev–Trinajstić information content (AvgIpc) is 2.71. The largest absolute Gasteiger partial charge is 0.493 e. The number of non-ortho nitro benzene ring substituents is 1. The average molecular weight is 403 g/mol. The summed E-state index contributed by atoms with van der Waals surface area (Å²) in [5.74, 6) is 1.76. The SMILES string of the molecule is COc1ccc(/C(C)=N/NC(=O)CSCc2ccc([N+](=O)[O-])cc2)cc1OC. The van der Waals surface area contributed by atoms with Crippen LogP contribution in [-0.2, 0) is 10.5 Å². The van der Waals surface area contributed by atoms with E-state index in [-0.39, 0.29) is 17.3 Å². The van der Waals surface area contributed by atoms with Crippen LogP contribution in [0.2, 0.25) is 0 Å². The summed E-state index contributed by atoms with van der Waals surface area (Å²) in [6, 6.07) is 11.7. The van der Waals surface area contributed by atoms with Crippen molar-refractivity contribution in [3.05, 3.63) is 63.7 Å². The first-order valence-electron chi connectivity index (χ1n) is 8.31. The Bertz CT molecular complexity index is 868. The first-order valence-corrected chi connectivity index (χ1v) is 9.46. The van der Waals surface area contributed by atoms with Crippen LogP contribution in [0, 0.1) is 10.1 Å². The van der Waals surface area contributed by atoms with E-state index in [1.807, 2.05) is 6.07 Å². The number of carbonyl (C=O) groups is 1. The maximum atomic E-state index is 12.0.